The van der Waals surface area contributed by atoms with Gasteiger partial charge in [-0.1, -0.05) is 0 Å². The summed E-state index contributed by atoms with van der Waals surface area (Å²) >= 11 is 0. The van der Waals surface area contributed by atoms with Gasteiger partial charge in [0.1, 0.15) is 5.92 Å². The number of carboxylic acid groups (broad SMARTS) is 1. The van der Waals surface area contributed by atoms with Crippen LogP contribution in [0, 0.1) is 5.92 Å². The van der Waals surface area contributed by atoms with Crippen LogP contribution in [0.3, 0.4) is 0 Å². The molecular formula is C11H18N2O4. The van der Waals surface area contributed by atoms with Crippen LogP contribution in [0.15, 0.2) is 0 Å². The van der Waals surface area contributed by atoms with E-state index in [1.54, 1.807) is 0 Å². The predicted octanol–water partition coefficient (Wildman–Crippen LogP) is -0.214. The van der Waals surface area contributed by atoms with Crippen molar-refractivity contribution in [1.82, 2.24) is 9.80 Å². The molecule has 2 fully saturated rings. The number of aliphatic carboxylic acids is 1. The Balaban J connectivity index is 0.000000317. The molecular weight excluding hydrogens is 224 g/mol. The Labute approximate surface area is 100 Å². The molecule has 0 spiro atoms. The van der Waals surface area contributed by atoms with E-state index in [1.807, 2.05) is 26.0 Å². The highest BCUT2D eigenvalue weighted by atomic mass is 16.4. The van der Waals surface area contributed by atoms with Crippen molar-refractivity contribution in [3.63, 3.8) is 0 Å². The summed E-state index contributed by atoms with van der Waals surface area (Å²) in [6.07, 6.45) is 1.29. The van der Waals surface area contributed by atoms with Gasteiger partial charge >= 0.3 is 5.97 Å². The first-order chi connectivity index (χ1) is 7.84. The second kappa shape index (κ2) is 5.27. The van der Waals surface area contributed by atoms with Crippen LogP contribution in [0.5, 0.6) is 0 Å². The van der Waals surface area contributed by atoms with Gasteiger partial charge in [-0.25, -0.2) is 0 Å². The van der Waals surface area contributed by atoms with Crippen LogP contribution >= 0.6 is 0 Å². The SMILES string of the molecule is CN(C)C.O=C(O)C1CC2CCC(=O)N2C1=O. The normalized spacial score (nSPS) is 26.9. The van der Waals surface area contributed by atoms with E-state index in [0.29, 0.717) is 19.3 Å². The summed E-state index contributed by atoms with van der Waals surface area (Å²) in [7, 11) is 6.00. The van der Waals surface area contributed by atoms with Crippen molar-refractivity contribution in [3.8, 4) is 0 Å². The molecule has 0 aromatic rings. The van der Waals surface area contributed by atoms with Gasteiger partial charge in [0, 0.05) is 12.5 Å². The lowest BCUT2D eigenvalue weighted by molar-refractivity contribution is -0.149. The Hall–Kier alpha value is -1.43. The van der Waals surface area contributed by atoms with Crippen LogP contribution in [0.4, 0.5) is 0 Å². The minimum Gasteiger partial charge on any atom is -0.481 e. The molecule has 2 saturated heterocycles. The summed E-state index contributed by atoms with van der Waals surface area (Å²) in [5.41, 5.74) is 0. The Morgan fingerprint density at radius 1 is 1.35 bits per heavy atom. The molecule has 0 radical (unpaired) electrons. The first kappa shape index (κ1) is 13.6. The maximum atomic E-state index is 11.4. The quantitative estimate of drug-likeness (QED) is 0.508. The lowest BCUT2D eigenvalue weighted by Crippen LogP contribution is -2.34. The summed E-state index contributed by atoms with van der Waals surface area (Å²) in [5, 5.41) is 8.67. The zero-order chi connectivity index (χ0) is 13.2. The van der Waals surface area contributed by atoms with E-state index in [4.69, 9.17) is 5.11 Å². The van der Waals surface area contributed by atoms with Gasteiger partial charge in [0.05, 0.1) is 0 Å². The van der Waals surface area contributed by atoms with Crippen LogP contribution in [-0.2, 0) is 14.4 Å². The zero-order valence-electron chi connectivity index (χ0n) is 10.3. The number of imide groups is 1. The van der Waals surface area contributed by atoms with Crippen molar-refractivity contribution < 1.29 is 19.5 Å². The first-order valence-corrected chi connectivity index (χ1v) is 5.54. The predicted molar refractivity (Wildman–Crippen MR) is 60.2 cm³/mol. The average molecular weight is 242 g/mol. The fraction of sp³-hybridized carbons (Fsp3) is 0.727. The molecule has 0 aromatic carbocycles. The summed E-state index contributed by atoms with van der Waals surface area (Å²) in [6, 6.07) is -0.152. The lowest BCUT2D eigenvalue weighted by atomic mass is 10.0. The van der Waals surface area contributed by atoms with Gasteiger partial charge in [0.15, 0.2) is 0 Å². The summed E-state index contributed by atoms with van der Waals surface area (Å²) in [5.74, 6) is -2.86. The number of carbonyl (C=O) groups excluding carboxylic acids is 2. The highest BCUT2D eigenvalue weighted by Crippen LogP contribution is 2.33. The number of carbonyl (C=O) groups is 3. The van der Waals surface area contributed by atoms with E-state index in [2.05, 4.69) is 0 Å². The third kappa shape index (κ3) is 3.03. The molecule has 2 amide bonds. The van der Waals surface area contributed by atoms with Crippen molar-refractivity contribution in [2.45, 2.75) is 25.3 Å². The lowest BCUT2D eigenvalue weighted by Gasteiger charge is -2.11. The van der Waals surface area contributed by atoms with E-state index in [0.717, 1.165) is 4.90 Å². The van der Waals surface area contributed by atoms with Crippen molar-refractivity contribution in [3.05, 3.63) is 0 Å². The van der Waals surface area contributed by atoms with Gasteiger partial charge in [-0.3, -0.25) is 19.3 Å². The third-order valence-corrected chi connectivity index (χ3v) is 2.67. The number of hydrogen-bond donors (Lipinski definition) is 1. The Morgan fingerprint density at radius 3 is 2.29 bits per heavy atom. The van der Waals surface area contributed by atoms with Crippen LogP contribution in [0.1, 0.15) is 19.3 Å². The zero-order valence-corrected chi connectivity index (χ0v) is 10.3. The van der Waals surface area contributed by atoms with Crippen LogP contribution in [-0.4, -0.2) is 59.9 Å². The number of carboxylic acids is 1. The number of rotatable bonds is 1. The van der Waals surface area contributed by atoms with Gasteiger partial charge in [-0.15, -0.1) is 0 Å². The molecule has 2 aliphatic heterocycles. The van der Waals surface area contributed by atoms with E-state index in [1.165, 1.54) is 0 Å². The van der Waals surface area contributed by atoms with E-state index >= 15 is 0 Å². The Morgan fingerprint density at radius 2 is 1.88 bits per heavy atom. The molecule has 2 aliphatic rings. The van der Waals surface area contributed by atoms with E-state index in [-0.39, 0.29) is 11.9 Å². The molecule has 0 aliphatic carbocycles. The highest BCUT2D eigenvalue weighted by Gasteiger charge is 2.49. The Bertz CT molecular complexity index is 338. The average Bonchev–Trinajstić information content (AvgIpc) is 2.68. The Kier molecular flexibility index (Phi) is 4.22. The molecule has 2 atom stereocenters. The third-order valence-electron chi connectivity index (χ3n) is 2.67. The molecule has 6 nitrogen and oxygen atoms in total. The second-order valence-corrected chi connectivity index (χ2v) is 4.76. The van der Waals surface area contributed by atoms with Crippen molar-refractivity contribution in [1.29, 1.82) is 0 Å². The maximum absolute atomic E-state index is 11.4. The topological polar surface area (TPSA) is 77.9 Å². The van der Waals surface area contributed by atoms with Crippen LogP contribution < -0.4 is 0 Å². The molecule has 6 heteroatoms. The van der Waals surface area contributed by atoms with Gasteiger partial charge in [0.25, 0.3) is 0 Å². The first-order valence-electron chi connectivity index (χ1n) is 5.54. The smallest absolute Gasteiger partial charge is 0.316 e. The van der Waals surface area contributed by atoms with Gasteiger partial charge in [-0.2, -0.15) is 0 Å². The minimum absolute atomic E-state index is 0.152. The fourth-order valence-corrected chi connectivity index (χ4v) is 2.02. The second-order valence-electron chi connectivity index (χ2n) is 4.76. The summed E-state index contributed by atoms with van der Waals surface area (Å²) in [6.45, 7) is 0. The molecule has 1 N–H and O–H groups in total. The van der Waals surface area contributed by atoms with E-state index in [9.17, 15) is 14.4 Å². The molecule has 17 heavy (non-hydrogen) atoms. The van der Waals surface area contributed by atoms with Crippen molar-refractivity contribution in [2.75, 3.05) is 21.1 Å². The van der Waals surface area contributed by atoms with Gasteiger partial charge in [-0.05, 0) is 34.0 Å². The molecule has 0 bridgehead atoms. The molecule has 0 aromatic heterocycles. The van der Waals surface area contributed by atoms with Gasteiger partial charge < -0.3 is 10.0 Å². The molecule has 2 rings (SSSR count). The number of amides is 2. The van der Waals surface area contributed by atoms with Crippen molar-refractivity contribution >= 4 is 17.8 Å². The molecule has 2 unspecified atom stereocenters. The number of nitrogens with zero attached hydrogens (tertiary/aromatic N) is 2. The number of hydrogen-bond acceptors (Lipinski definition) is 4. The maximum Gasteiger partial charge on any atom is 0.316 e. The molecule has 0 saturated carbocycles. The van der Waals surface area contributed by atoms with Crippen LogP contribution in [0.25, 0.3) is 0 Å². The minimum atomic E-state index is -1.12. The summed E-state index contributed by atoms with van der Waals surface area (Å²) < 4.78 is 0. The fourth-order valence-electron chi connectivity index (χ4n) is 2.02. The highest BCUT2D eigenvalue weighted by molar-refractivity contribution is 6.07. The van der Waals surface area contributed by atoms with E-state index < -0.39 is 17.8 Å². The van der Waals surface area contributed by atoms with Gasteiger partial charge in [0.2, 0.25) is 11.8 Å². The monoisotopic (exact) mass is 242 g/mol. The van der Waals surface area contributed by atoms with Crippen molar-refractivity contribution in [2.24, 2.45) is 5.92 Å². The molecule has 96 valence electrons. The standard InChI is InChI=1S/C8H9NO4.C3H9N/c10-6-2-1-4-3-5(8(12)13)7(11)9(4)6;1-4(2)3/h4-5H,1-3H2,(H,12,13);1-3H3. The largest absolute Gasteiger partial charge is 0.481 e. The number of fused-ring (bicyclic) bond motifs is 1. The summed E-state index contributed by atoms with van der Waals surface area (Å²) in [4.78, 5) is 36.2. The molecule has 2 heterocycles. The van der Waals surface area contributed by atoms with Crippen LogP contribution in [0.2, 0.25) is 0 Å².